The van der Waals surface area contributed by atoms with E-state index >= 15 is 0 Å². The molecule has 3 aromatic rings. The van der Waals surface area contributed by atoms with Crippen LogP contribution in [-0.2, 0) is 0 Å². The maximum atomic E-state index is 12.0. The van der Waals surface area contributed by atoms with Crippen LogP contribution < -0.4 is 5.69 Å². The Balaban J connectivity index is 2.35. The zero-order chi connectivity index (χ0) is 13.4. The van der Waals surface area contributed by atoms with Gasteiger partial charge in [0.1, 0.15) is 0 Å². The highest BCUT2D eigenvalue weighted by atomic mass is 16.4. The van der Waals surface area contributed by atoms with Crippen LogP contribution in [0.3, 0.4) is 0 Å². The molecule has 94 valence electrons. The molecule has 0 spiro atoms. The highest BCUT2D eigenvalue weighted by Crippen LogP contribution is 2.17. The van der Waals surface area contributed by atoms with Gasteiger partial charge in [0.2, 0.25) is 0 Å². The second kappa shape index (κ2) is 4.13. The fraction of sp³-hybridized carbons (Fsp3) is 0. The number of aromatic carboxylic acids is 1. The van der Waals surface area contributed by atoms with Crippen LogP contribution in [0.4, 0.5) is 0 Å². The van der Waals surface area contributed by atoms with Crippen molar-refractivity contribution in [3.8, 4) is 5.69 Å². The van der Waals surface area contributed by atoms with Gasteiger partial charge in [-0.3, -0.25) is 4.57 Å². The molecule has 0 radical (unpaired) electrons. The monoisotopic (exact) mass is 254 g/mol. The van der Waals surface area contributed by atoms with Gasteiger partial charge in [0.05, 0.1) is 22.3 Å². The number of hydrogen-bond donors (Lipinski definition) is 2. The molecule has 0 aliphatic carbocycles. The normalized spacial score (nSPS) is 10.7. The minimum Gasteiger partial charge on any atom is -0.478 e. The lowest BCUT2D eigenvalue weighted by Gasteiger charge is -2.03. The number of hydrogen-bond acceptors (Lipinski definition) is 2. The van der Waals surface area contributed by atoms with Crippen molar-refractivity contribution < 1.29 is 9.90 Å². The highest BCUT2D eigenvalue weighted by Gasteiger charge is 2.11. The number of nitrogens with zero attached hydrogens (tertiary/aromatic N) is 1. The number of imidazole rings is 1. The maximum Gasteiger partial charge on any atom is 0.335 e. The lowest BCUT2D eigenvalue weighted by molar-refractivity contribution is 0.0697. The molecule has 1 heterocycles. The summed E-state index contributed by atoms with van der Waals surface area (Å²) in [5.41, 5.74) is 1.72. The molecule has 0 amide bonds. The van der Waals surface area contributed by atoms with Crippen molar-refractivity contribution in [3.05, 3.63) is 64.6 Å². The van der Waals surface area contributed by atoms with Gasteiger partial charge >= 0.3 is 11.7 Å². The first-order valence-corrected chi connectivity index (χ1v) is 5.70. The Bertz CT molecular complexity index is 816. The van der Waals surface area contributed by atoms with Crippen molar-refractivity contribution in [3.63, 3.8) is 0 Å². The first kappa shape index (κ1) is 11.3. The predicted octanol–water partition coefficient (Wildman–Crippen LogP) is 2.02. The van der Waals surface area contributed by atoms with Crippen molar-refractivity contribution >= 4 is 17.0 Å². The average molecular weight is 254 g/mol. The maximum absolute atomic E-state index is 12.0. The minimum atomic E-state index is -1.02. The van der Waals surface area contributed by atoms with Crippen molar-refractivity contribution in [1.82, 2.24) is 9.55 Å². The molecule has 0 atom stereocenters. The van der Waals surface area contributed by atoms with Gasteiger partial charge in [-0.25, -0.2) is 9.59 Å². The zero-order valence-corrected chi connectivity index (χ0v) is 9.83. The van der Waals surface area contributed by atoms with Crippen LogP contribution in [-0.4, -0.2) is 20.6 Å². The van der Waals surface area contributed by atoms with E-state index in [-0.39, 0.29) is 11.3 Å². The number of H-pyrrole nitrogens is 1. The molecule has 19 heavy (non-hydrogen) atoms. The number of carboxylic acids is 1. The summed E-state index contributed by atoms with van der Waals surface area (Å²) in [5.74, 6) is -1.02. The molecule has 0 saturated carbocycles. The average Bonchev–Trinajstić information content (AvgIpc) is 2.74. The molecule has 3 rings (SSSR count). The van der Waals surface area contributed by atoms with E-state index in [0.717, 1.165) is 0 Å². The van der Waals surface area contributed by atoms with Crippen LogP contribution in [0.25, 0.3) is 16.7 Å². The van der Waals surface area contributed by atoms with Gasteiger partial charge in [-0.2, -0.15) is 0 Å². The summed E-state index contributed by atoms with van der Waals surface area (Å²) < 4.78 is 1.46. The summed E-state index contributed by atoms with van der Waals surface area (Å²) in [7, 11) is 0. The lowest BCUT2D eigenvalue weighted by atomic mass is 10.2. The van der Waals surface area contributed by atoms with Gasteiger partial charge in [0, 0.05) is 0 Å². The van der Waals surface area contributed by atoms with E-state index in [2.05, 4.69) is 4.98 Å². The fourth-order valence-corrected chi connectivity index (χ4v) is 2.07. The van der Waals surface area contributed by atoms with Gasteiger partial charge in [0.15, 0.2) is 0 Å². The van der Waals surface area contributed by atoms with Crippen molar-refractivity contribution in [1.29, 1.82) is 0 Å². The number of rotatable bonds is 2. The summed E-state index contributed by atoms with van der Waals surface area (Å²) in [4.78, 5) is 25.7. The molecule has 2 N–H and O–H groups in total. The van der Waals surface area contributed by atoms with Crippen LogP contribution in [0.15, 0.2) is 53.3 Å². The third-order valence-corrected chi connectivity index (χ3v) is 2.94. The molecule has 5 nitrogen and oxygen atoms in total. The Morgan fingerprint density at radius 3 is 2.53 bits per heavy atom. The number of carbonyl (C=O) groups is 1. The highest BCUT2D eigenvalue weighted by molar-refractivity contribution is 5.92. The Morgan fingerprint density at radius 2 is 1.84 bits per heavy atom. The number of carboxylic acid groups (broad SMARTS) is 1. The molecule has 0 unspecified atom stereocenters. The summed E-state index contributed by atoms with van der Waals surface area (Å²) in [5, 5.41) is 9.01. The summed E-state index contributed by atoms with van der Waals surface area (Å²) in [6.45, 7) is 0. The lowest BCUT2D eigenvalue weighted by Crippen LogP contribution is -2.14. The van der Waals surface area contributed by atoms with Crippen LogP contribution in [0.5, 0.6) is 0 Å². The summed E-state index contributed by atoms with van der Waals surface area (Å²) in [6.07, 6.45) is 0. The van der Waals surface area contributed by atoms with E-state index in [0.29, 0.717) is 16.7 Å². The predicted molar refractivity (Wildman–Crippen MR) is 70.9 cm³/mol. The van der Waals surface area contributed by atoms with Crippen LogP contribution in [0.2, 0.25) is 0 Å². The molecule has 0 bridgehead atoms. The third-order valence-electron chi connectivity index (χ3n) is 2.94. The van der Waals surface area contributed by atoms with Gasteiger partial charge in [0.25, 0.3) is 0 Å². The molecule has 0 saturated heterocycles. The number of para-hydroxylation sites is 1. The summed E-state index contributed by atoms with van der Waals surface area (Å²) in [6, 6.07) is 13.6. The Labute approximate surface area is 107 Å². The van der Waals surface area contributed by atoms with Gasteiger partial charge < -0.3 is 10.1 Å². The van der Waals surface area contributed by atoms with E-state index in [1.165, 1.54) is 16.7 Å². The Hall–Kier alpha value is -2.82. The van der Waals surface area contributed by atoms with Crippen LogP contribution >= 0.6 is 0 Å². The fourth-order valence-electron chi connectivity index (χ4n) is 2.07. The number of nitrogens with one attached hydrogen (secondary N) is 1. The van der Waals surface area contributed by atoms with Gasteiger partial charge in [-0.05, 0) is 30.3 Å². The van der Waals surface area contributed by atoms with E-state index in [9.17, 15) is 9.59 Å². The summed E-state index contributed by atoms with van der Waals surface area (Å²) >= 11 is 0. The van der Waals surface area contributed by atoms with Gasteiger partial charge in [-0.15, -0.1) is 0 Å². The van der Waals surface area contributed by atoms with E-state index in [4.69, 9.17) is 5.11 Å². The van der Waals surface area contributed by atoms with Crippen molar-refractivity contribution in [2.24, 2.45) is 0 Å². The standard InChI is InChI=1S/C14H10N2O3/c17-13(18)9-6-7-11-12(8-9)16(14(19)15-11)10-4-2-1-3-5-10/h1-8H,(H,15,19)(H,17,18). The van der Waals surface area contributed by atoms with Crippen LogP contribution in [0.1, 0.15) is 10.4 Å². The minimum absolute atomic E-state index is 0.149. The molecule has 1 aromatic heterocycles. The number of benzene rings is 2. The molecule has 5 heteroatoms. The molecule has 2 aromatic carbocycles. The third kappa shape index (κ3) is 1.81. The Kier molecular flexibility index (Phi) is 2.45. The quantitative estimate of drug-likeness (QED) is 0.734. The molecule has 0 aliphatic rings. The molecule has 0 fully saturated rings. The van der Waals surface area contributed by atoms with E-state index < -0.39 is 5.97 Å². The second-order valence-electron chi connectivity index (χ2n) is 4.14. The van der Waals surface area contributed by atoms with Gasteiger partial charge in [-0.1, -0.05) is 18.2 Å². The van der Waals surface area contributed by atoms with Crippen molar-refractivity contribution in [2.75, 3.05) is 0 Å². The van der Waals surface area contributed by atoms with Crippen molar-refractivity contribution in [2.45, 2.75) is 0 Å². The Morgan fingerprint density at radius 1 is 1.11 bits per heavy atom. The molecule has 0 aliphatic heterocycles. The first-order chi connectivity index (χ1) is 9.16. The molecular weight excluding hydrogens is 244 g/mol. The zero-order valence-electron chi connectivity index (χ0n) is 9.83. The molecular formula is C14H10N2O3. The number of fused-ring (bicyclic) bond motifs is 1. The first-order valence-electron chi connectivity index (χ1n) is 5.70. The van der Waals surface area contributed by atoms with E-state index in [1.807, 2.05) is 18.2 Å². The van der Waals surface area contributed by atoms with Crippen LogP contribution in [0, 0.1) is 0 Å². The topological polar surface area (TPSA) is 75.1 Å². The van der Waals surface area contributed by atoms with E-state index in [1.54, 1.807) is 18.2 Å². The largest absolute Gasteiger partial charge is 0.478 e. The number of aromatic amines is 1. The SMILES string of the molecule is O=C(O)c1ccc2[nH]c(=O)n(-c3ccccc3)c2c1. The smallest absolute Gasteiger partial charge is 0.335 e. The number of aromatic nitrogens is 2. The second-order valence-corrected chi connectivity index (χ2v) is 4.14.